The Balaban J connectivity index is 1.54. The molecule has 8 nitrogen and oxygen atoms in total. The Morgan fingerprint density at radius 3 is 2.19 bits per heavy atom. The summed E-state index contributed by atoms with van der Waals surface area (Å²) in [6.07, 6.45) is 0.873. The zero-order chi connectivity index (χ0) is 31.2. The monoisotopic (exact) mass is 594 g/mol. The molecule has 1 unspecified atom stereocenters. The lowest BCUT2D eigenvalue weighted by molar-refractivity contribution is -0.149. The van der Waals surface area contributed by atoms with Gasteiger partial charge < -0.3 is 29.5 Å². The first-order valence-corrected chi connectivity index (χ1v) is 14.7. The number of halogens is 1. The lowest BCUT2D eigenvalue weighted by atomic mass is 10.1. The van der Waals surface area contributed by atoms with Crippen molar-refractivity contribution in [3.8, 4) is 5.75 Å². The Morgan fingerprint density at radius 1 is 0.907 bits per heavy atom. The van der Waals surface area contributed by atoms with E-state index in [0.29, 0.717) is 38.7 Å². The number of hydrogen-bond acceptors (Lipinski definition) is 5. The van der Waals surface area contributed by atoms with Gasteiger partial charge in [0.15, 0.2) is 6.10 Å². The number of nitrogens with one attached hydrogen (secondary N) is 1. The van der Waals surface area contributed by atoms with Crippen molar-refractivity contribution in [3.63, 3.8) is 0 Å². The number of carbonyl (C=O) groups is 2. The van der Waals surface area contributed by atoms with Crippen LogP contribution >= 0.6 is 0 Å². The molecule has 232 valence electrons. The molecule has 0 saturated carbocycles. The number of urea groups is 1. The third kappa shape index (κ3) is 11.3. The van der Waals surface area contributed by atoms with Crippen molar-refractivity contribution >= 4 is 17.7 Å². The Kier molecular flexibility index (Phi) is 13.4. The lowest BCUT2D eigenvalue weighted by Crippen LogP contribution is -2.39. The van der Waals surface area contributed by atoms with Gasteiger partial charge in [0.2, 0.25) is 0 Å². The Bertz CT molecular complexity index is 1290. The summed E-state index contributed by atoms with van der Waals surface area (Å²) < 4.78 is 30.1. The van der Waals surface area contributed by atoms with Crippen LogP contribution in [0.5, 0.6) is 5.75 Å². The molecule has 0 aliphatic rings. The van der Waals surface area contributed by atoms with E-state index in [1.807, 2.05) is 45.0 Å². The van der Waals surface area contributed by atoms with Crippen molar-refractivity contribution in [2.24, 2.45) is 0 Å². The van der Waals surface area contributed by atoms with E-state index >= 15 is 0 Å². The average molecular weight is 595 g/mol. The van der Waals surface area contributed by atoms with Crippen molar-refractivity contribution in [3.05, 3.63) is 94.3 Å². The van der Waals surface area contributed by atoms with Gasteiger partial charge in [-0.3, -0.25) is 0 Å². The number of anilines is 1. The predicted molar refractivity (Wildman–Crippen MR) is 165 cm³/mol. The van der Waals surface area contributed by atoms with Gasteiger partial charge in [0, 0.05) is 31.9 Å². The first-order valence-electron chi connectivity index (χ1n) is 14.7. The molecule has 3 aromatic rings. The number of aryl methyl sites for hydroxylation is 3. The average Bonchev–Trinajstić information content (AvgIpc) is 2.97. The SMILES string of the molecule is CCOC(Cc1ccc(OCCN(CCCCOCc2ccc(F)cc2)C(=O)Nc2c(C)cc(C)cc2C)cc1)C(=O)O. The van der Waals surface area contributed by atoms with Crippen LogP contribution in [0.15, 0.2) is 60.7 Å². The minimum atomic E-state index is -0.990. The molecule has 43 heavy (non-hydrogen) atoms. The molecule has 0 aliphatic heterocycles. The van der Waals surface area contributed by atoms with Gasteiger partial charge in [0.1, 0.15) is 18.2 Å². The van der Waals surface area contributed by atoms with Crippen LogP contribution in [0.25, 0.3) is 0 Å². The highest BCUT2D eigenvalue weighted by Crippen LogP contribution is 2.22. The number of carbonyl (C=O) groups excluding carboxylic acids is 1. The van der Waals surface area contributed by atoms with Crippen LogP contribution in [0.1, 0.15) is 47.6 Å². The minimum Gasteiger partial charge on any atom is -0.492 e. The Morgan fingerprint density at radius 2 is 1.56 bits per heavy atom. The third-order valence-electron chi connectivity index (χ3n) is 6.96. The highest BCUT2D eigenvalue weighted by atomic mass is 19.1. The Labute approximate surface area is 253 Å². The lowest BCUT2D eigenvalue weighted by Gasteiger charge is -2.24. The number of benzene rings is 3. The van der Waals surface area contributed by atoms with Gasteiger partial charge in [-0.1, -0.05) is 42.0 Å². The molecule has 9 heteroatoms. The largest absolute Gasteiger partial charge is 0.492 e. The summed E-state index contributed by atoms with van der Waals surface area (Å²) in [6, 6.07) is 17.4. The zero-order valence-corrected chi connectivity index (χ0v) is 25.5. The van der Waals surface area contributed by atoms with Crippen LogP contribution in [0.3, 0.4) is 0 Å². The Hall–Kier alpha value is -3.95. The van der Waals surface area contributed by atoms with Gasteiger partial charge in [-0.15, -0.1) is 0 Å². The van der Waals surface area contributed by atoms with E-state index in [9.17, 15) is 19.1 Å². The third-order valence-corrected chi connectivity index (χ3v) is 6.96. The number of ether oxygens (including phenoxy) is 3. The number of carboxylic acid groups (broad SMARTS) is 1. The van der Waals surface area contributed by atoms with Crippen LogP contribution in [0, 0.1) is 26.6 Å². The van der Waals surface area contributed by atoms with Crippen molar-refractivity contribution < 1.29 is 33.3 Å². The van der Waals surface area contributed by atoms with Gasteiger partial charge in [0.05, 0.1) is 13.2 Å². The summed E-state index contributed by atoms with van der Waals surface area (Å²) in [5.41, 5.74) is 5.71. The quantitative estimate of drug-likeness (QED) is 0.169. The van der Waals surface area contributed by atoms with Gasteiger partial charge >= 0.3 is 12.0 Å². The van der Waals surface area contributed by atoms with Crippen molar-refractivity contribution in [1.29, 1.82) is 0 Å². The van der Waals surface area contributed by atoms with Gasteiger partial charge in [-0.25, -0.2) is 14.0 Å². The maximum absolute atomic E-state index is 13.4. The second-order valence-electron chi connectivity index (χ2n) is 10.6. The van der Waals surface area contributed by atoms with E-state index in [-0.39, 0.29) is 24.9 Å². The molecule has 0 aliphatic carbocycles. The minimum absolute atomic E-state index is 0.197. The molecule has 0 saturated heterocycles. The van der Waals surface area contributed by atoms with Crippen LogP contribution in [-0.2, 0) is 27.3 Å². The predicted octanol–water partition coefficient (Wildman–Crippen LogP) is 6.69. The van der Waals surface area contributed by atoms with E-state index in [1.165, 1.54) is 12.1 Å². The van der Waals surface area contributed by atoms with Crippen LogP contribution in [0.4, 0.5) is 14.9 Å². The zero-order valence-electron chi connectivity index (χ0n) is 25.5. The van der Waals surface area contributed by atoms with Crippen molar-refractivity contribution in [1.82, 2.24) is 4.90 Å². The fourth-order valence-electron chi connectivity index (χ4n) is 4.78. The standard InChI is InChI=1S/C34H43FN2O6/c1-5-42-31(33(38)39)22-27-10-14-30(15-11-27)43-19-17-37(34(40)36-32-25(3)20-24(2)21-26(32)4)16-6-7-18-41-23-28-8-12-29(35)13-9-28/h8-15,20-21,31H,5-7,16-19,22-23H2,1-4H3,(H,36,40)(H,38,39). The second-order valence-corrected chi connectivity index (χ2v) is 10.6. The fraction of sp³-hybridized carbons (Fsp3) is 0.412. The maximum atomic E-state index is 13.4. The molecule has 2 amide bonds. The number of carboxylic acids is 1. The highest BCUT2D eigenvalue weighted by Gasteiger charge is 2.18. The summed E-state index contributed by atoms with van der Waals surface area (Å²) in [7, 11) is 0. The number of amides is 2. The number of nitrogens with zero attached hydrogens (tertiary/aromatic N) is 1. The first kappa shape index (κ1) is 33.6. The molecule has 2 N–H and O–H groups in total. The molecule has 0 aromatic heterocycles. The number of hydrogen-bond donors (Lipinski definition) is 2. The molecular formula is C34H43FN2O6. The van der Waals surface area contributed by atoms with Crippen LogP contribution in [0.2, 0.25) is 0 Å². The summed E-state index contributed by atoms with van der Waals surface area (Å²) >= 11 is 0. The molecule has 0 heterocycles. The molecule has 0 radical (unpaired) electrons. The first-order chi connectivity index (χ1) is 20.7. The summed E-state index contributed by atoms with van der Waals surface area (Å²) in [5, 5.41) is 12.4. The van der Waals surface area contributed by atoms with E-state index in [0.717, 1.165) is 46.3 Å². The maximum Gasteiger partial charge on any atom is 0.333 e. The number of unbranched alkanes of at least 4 members (excludes halogenated alkanes) is 1. The van der Waals surface area contributed by atoms with Gasteiger partial charge in [-0.05, 0) is 87.1 Å². The highest BCUT2D eigenvalue weighted by molar-refractivity contribution is 5.91. The molecule has 3 rings (SSSR count). The van der Waals surface area contributed by atoms with Gasteiger partial charge in [0.25, 0.3) is 0 Å². The van der Waals surface area contributed by atoms with Crippen LogP contribution in [-0.4, -0.2) is 61.0 Å². The van der Waals surface area contributed by atoms with E-state index in [1.54, 1.807) is 36.1 Å². The van der Waals surface area contributed by atoms with Gasteiger partial charge in [-0.2, -0.15) is 0 Å². The topological polar surface area (TPSA) is 97.3 Å². The van der Waals surface area contributed by atoms with E-state index in [4.69, 9.17) is 14.2 Å². The second kappa shape index (κ2) is 17.2. The van der Waals surface area contributed by atoms with Crippen molar-refractivity contribution in [2.45, 2.75) is 59.7 Å². The van der Waals surface area contributed by atoms with Crippen LogP contribution < -0.4 is 10.1 Å². The molecule has 1 atom stereocenters. The molecular weight excluding hydrogens is 551 g/mol. The molecule has 3 aromatic carbocycles. The smallest absolute Gasteiger partial charge is 0.333 e. The molecule has 0 spiro atoms. The number of aliphatic carboxylic acids is 1. The van der Waals surface area contributed by atoms with E-state index in [2.05, 4.69) is 5.32 Å². The summed E-state index contributed by atoms with van der Waals surface area (Å²) in [4.78, 5) is 26.5. The van der Waals surface area contributed by atoms with E-state index < -0.39 is 12.1 Å². The fourth-order valence-corrected chi connectivity index (χ4v) is 4.78. The summed E-state index contributed by atoms with van der Waals surface area (Å²) in [5.74, 6) is -0.631. The molecule has 0 bridgehead atoms. The summed E-state index contributed by atoms with van der Waals surface area (Å²) in [6.45, 7) is 10.2. The molecule has 0 fully saturated rings. The number of rotatable bonds is 17. The van der Waals surface area contributed by atoms with Crippen molar-refractivity contribution in [2.75, 3.05) is 38.2 Å². The normalized spacial score (nSPS) is 11.7.